The van der Waals surface area contributed by atoms with E-state index in [1.807, 2.05) is 19.1 Å². The average molecular weight is 358 g/mol. The van der Waals surface area contributed by atoms with Crippen LogP contribution in [0.3, 0.4) is 0 Å². The number of hydrogen-bond donors (Lipinski definition) is 4. The zero-order chi connectivity index (χ0) is 18.9. The van der Waals surface area contributed by atoms with Crippen LogP contribution in [0.1, 0.15) is 33.1 Å². The molecular formula is C19H30N6O. The van der Waals surface area contributed by atoms with Crippen molar-refractivity contribution in [1.82, 2.24) is 9.88 Å². The van der Waals surface area contributed by atoms with Crippen LogP contribution in [0.15, 0.2) is 30.1 Å². The predicted octanol–water partition coefficient (Wildman–Crippen LogP) is 2.43. The molecule has 1 aliphatic heterocycles. The Labute approximate surface area is 155 Å². The summed E-state index contributed by atoms with van der Waals surface area (Å²) >= 11 is 0. The molecular weight excluding hydrogens is 328 g/mol. The van der Waals surface area contributed by atoms with Crippen molar-refractivity contribution in [3.8, 4) is 0 Å². The van der Waals surface area contributed by atoms with Gasteiger partial charge in [-0.1, -0.05) is 6.92 Å². The van der Waals surface area contributed by atoms with E-state index in [1.54, 1.807) is 12.3 Å². The van der Waals surface area contributed by atoms with Gasteiger partial charge in [-0.05, 0) is 50.9 Å². The van der Waals surface area contributed by atoms with E-state index >= 15 is 0 Å². The third-order valence-corrected chi connectivity index (χ3v) is 4.72. The Kier molecular flexibility index (Phi) is 7.59. The van der Waals surface area contributed by atoms with E-state index in [0.29, 0.717) is 11.5 Å². The Hall–Kier alpha value is -2.41. The van der Waals surface area contributed by atoms with Gasteiger partial charge >= 0.3 is 0 Å². The molecule has 0 spiro atoms. The summed E-state index contributed by atoms with van der Waals surface area (Å²) in [6, 6.07) is 3.47. The van der Waals surface area contributed by atoms with Gasteiger partial charge in [-0.2, -0.15) is 0 Å². The molecule has 0 saturated carbocycles. The van der Waals surface area contributed by atoms with Crippen LogP contribution in [-0.4, -0.2) is 47.7 Å². The monoisotopic (exact) mass is 358 g/mol. The minimum absolute atomic E-state index is 0.0676. The van der Waals surface area contributed by atoms with E-state index in [-0.39, 0.29) is 17.9 Å². The highest BCUT2D eigenvalue weighted by molar-refractivity contribution is 5.93. The van der Waals surface area contributed by atoms with Crippen molar-refractivity contribution in [2.75, 3.05) is 30.3 Å². The molecule has 2 rings (SSSR count). The topological polar surface area (TPSA) is 107 Å². The highest BCUT2D eigenvalue weighted by Gasteiger charge is 2.28. The van der Waals surface area contributed by atoms with Gasteiger partial charge in [-0.25, -0.2) is 4.98 Å². The summed E-state index contributed by atoms with van der Waals surface area (Å²) in [5, 5.41) is 13.3. The second-order valence-electron chi connectivity index (χ2n) is 6.69. The van der Waals surface area contributed by atoms with Crippen molar-refractivity contribution in [2.24, 2.45) is 11.7 Å². The Morgan fingerprint density at radius 1 is 1.54 bits per heavy atom. The van der Waals surface area contributed by atoms with Gasteiger partial charge in [0, 0.05) is 30.9 Å². The van der Waals surface area contributed by atoms with Gasteiger partial charge in [-0.15, -0.1) is 0 Å². The Balaban J connectivity index is 1.92. The van der Waals surface area contributed by atoms with Crippen LogP contribution in [0.5, 0.6) is 0 Å². The Morgan fingerprint density at radius 3 is 3.00 bits per heavy atom. The van der Waals surface area contributed by atoms with E-state index < -0.39 is 0 Å². The van der Waals surface area contributed by atoms with Crippen LogP contribution >= 0.6 is 0 Å². The molecule has 7 nitrogen and oxygen atoms in total. The number of nitrogens with two attached hydrogens (primary N) is 1. The largest absolute Gasteiger partial charge is 0.402 e. The first-order valence-corrected chi connectivity index (χ1v) is 9.26. The zero-order valence-electron chi connectivity index (χ0n) is 15.7. The van der Waals surface area contributed by atoms with E-state index in [4.69, 9.17) is 11.1 Å². The molecule has 1 aromatic heterocycles. The maximum Gasteiger partial charge on any atom is 0.242 e. The number of piperidine rings is 1. The van der Waals surface area contributed by atoms with Crippen LogP contribution in [-0.2, 0) is 4.79 Å². The van der Waals surface area contributed by atoms with Crippen molar-refractivity contribution in [3.63, 3.8) is 0 Å². The van der Waals surface area contributed by atoms with Crippen molar-refractivity contribution < 1.29 is 4.79 Å². The summed E-state index contributed by atoms with van der Waals surface area (Å²) in [5.74, 6) is 0.686. The van der Waals surface area contributed by atoms with E-state index in [9.17, 15) is 4.79 Å². The molecule has 0 radical (unpaired) electrons. The van der Waals surface area contributed by atoms with Crippen molar-refractivity contribution in [1.29, 1.82) is 5.41 Å². The SMILES string of the molecule is CCCNc1ccc(NC(=O)[C@H](C)N2CCCC(/C(N)=C/C=N)C2)nc1. The van der Waals surface area contributed by atoms with Crippen molar-refractivity contribution in [2.45, 2.75) is 39.2 Å². The molecule has 0 bridgehead atoms. The minimum atomic E-state index is -0.259. The Bertz CT molecular complexity index is 627. The lowest BCUT2D eigenvalue weighted by Crippen LogP contribution is -2.47. The molecule has 142 valence electrons. The molecule has 7 heteroatoms. The van der Waals surface area contributed by atoms with Gasteiger partial charge in [-0.3, -0.25) is 9.69 Å². The average Bonchev–Trinajstić information content (AvgIpc) is 2.67. The number of aromatic nitrogens is 1. The first-order chi connectivity index (χ1) is 12.5. The number of pyridine rings is 1. The molecule has 0 aliphatic carbocycles. The van der Waals surface area contributed by atoms with Gasteiger partial charge in [0.25, 0.3) is 0 Å². The molecule has 5 N–H and O–H groups in total. The van der Waals surface area contributed by atoms with Gasteiger partial charge in [0.1, 0.15) is 5.82 Å². The number of hydrogen-bond acceptors (Lipinski definition) is 6. The summed E-state index contributed by atoms with van der Waals surface area (Å²) in [4.78, 5) is 19.0. The predicted molar refractivity (Wildman–Crippen MR) is 106 cm³/mol. The summed E-state index contributed by atoms with van der Waals surface area (Å²) in [6.07, 6.45) is 7.62. The molecule has 1 aromatic rings. The maximum atomic E-state index is 12.6. The third-order valence-electron chi connectivity index (χ3n) is 4.72. The minimum Gasteiger partial charge on any atom is -0.402 e. The van der Waals surface area contributed by atoms with E-state index in [1.165, 1.54) is 6.21 Å². The number of allylic oxidation sites excluding steroid dienone is 1. The molecule has 2 heterocycles. The number of rotatable bonds is 8. The maximum absolute atomic E-state index is 12.6. The zero-order valence-corrected chi connectivity index (χ0v) is 15.7. The lowest BCUT2D eigenvalue weighted by atomic mass is 9.93. The quantitative estimate of drug-likeness (QED) is 0.534. The van der Waals surface area contributed by atoms with Crippen LogP contribution < -0.4 is 16.4 Å². The van der Waals surface area contributed by atoms with E-state index in [2.05, 4.69) is 27.4 Å². The molecule has 1 aliphatic rings. The highest BCUT2D eigenvalue weighted by atomic mass is 16.2. The number of nitrogens with one attached hydrogen (secondary N) is 3. The lowest BCUT2D eigenvalue weighted by molar-refractivity contribution is -0.121. The number of carbonyl (C=O) groups excluding carboxylic acids is 1. The normalized spacial score (nSPS) is 19.6. The second-order valence-corrected chi connectivity index (χ2v) is 6.69. The first kappa shape index (κ1) is 19.9. The molecule has 1 unspecified atom stereocenters. The number of nitrogens with zero attached hydrogens (tertiary/aromatic N) is 2. The van der Waals surface area contributed by atoms with Gasteiger partial charge in [0.05, 0.1) is 17.9 Å². The molecule has 0 aromatic carbocycles. The number of anilines is 2. The van der Waals surface area contributed by atoms with Crippen molar-refractivity contribution in [3.05, 3.63) is 30.1 Å². The molecule has 2 atom stereocenters. The van der Waals surface area contributed by atoms with Crippen molar-refractivity contribution >= 4 is 23.6 Å². The third kappa shape index (κ3) is 5.56. The number of amides is 1. The van der Waals surface area contributed by atoms with Crippen LogP contribution in [0, 0.1) is 11.3 Å². The lowest BCUT2D eigenvalue weighted by Gasteiger charge is -2.36. The summed E-state index contributed by atoms with van der Waals surface area (Å²) in [6.45, 7) is 6.52. The Morgan fingerprint density at radius 2 is 2.35 bits per heavy atom. The molecule has 1 fully saturated rings. The summed E-state index contributed by atoms with van der Waals surface area (Å²) in [5.41, 5.74) is 7.70. The van der Waals surface area contributed by atoms with E-state index in [0.717, 1.165) is 44.6 Å². The van der Waals surface area contributed by atoms with Crippen LogP contribution in [0.4, 0.5) is 11.5 Å². The van der Waals surface area contributed by atoms with Crippen LogP contribution in [0.2, 0.25) is 0 Å². The fourth-order valence-corrected chi connectivity index (χ4v) is 3.10. The second kappa shape index (κ2) is 9.91. The fraction of sp³-hybridized carbons (Fsp3) is 0.526. The standard InChI is InChI=1S/C19H30N6O/c1-3-10-22-16-6-7-18(23-12-16)24-19(26)14(2)25-11-4-5-15(13-25)17(21)8-9-20/h6-9,12,14-15,20,22H,3-5,10-11,13,21H2,1-2H3,(H,23,24,26)/b17-8-,20-9?/t14-,15?/m0/s1. The highest BCUT2D eigenvalue weighted by Crippen LogP contribution is 2.22. The molecule has 1 saturated heterocycles. The summed E-state index contributed by atoms with van der Waals surface area (Å²) in [7, 11) is 0. The fourth-order valence-electron chi connectivity index (χ4n) is 3.10. The number of likely N-dealkylation sites (tertiary alicyclic amines) is 1. The van der Waals surface area contributed by atoms with Gasteiger partial charge in [0.15, 0.2) is 0 Å². The molecule has 1 amide bonds. The van der Waals surface area contributed by atoms with Gasteiger partial charge in [0.2, 0.25) is 5.91 Å². The number of carbonyl (C=O) groups is 1. The molecule has 26 heavy (non-hydrogen) atoms. The van der Waals surface area contributed by atoms with Gasteiger partial charge < -0.3 is 21.8 Å². The van der Waals surface area contributed by atoms with Crippen LogP contribution in [0.25, 0.3) is 0 Å². The smallest absolute Gasteiger partial charge is 0.242 e. The summed E-state index contributed by atoms with van der Waals surface area (Å²) < 4.78 is 0. The first-order valence-electron chi connectivity index (χ1n) is 9.26.